The Morgan fingerprint density at radius 3 is 2.11 bits per heavy atom. The molecule has 2 amide bonds. The Morgan fingerprint density at radius 2 is 1.40 bits per heavy atom. The summed E-state index contributed by atoms with van der Waals surface area (Å²) >= 11 is 5.60. The van der Waals surface area contributed by atoms with Crippen molar-refractivity contribution >= 4 is 52.1 Å². The maximum Gasteiger partial charge on any atom is 0.417 e. The molecule has 3 aromatic carbocycles. The molecule has 0 fully saturated rings. The van der Waals surface area contributed by atoms with E-state index in [1.54, 1.807) is 36.5 Å². The minimum atomic E-state index is -4.63. The molecule has 0 aliphatic heterocycles. The number of rotatable bonds is 6. The van der Waals surface area contributed by atoms with Gasteiger partial charge in [0.25, 0.3) is 0 Å². The van der Waals surface area contributed by atoms with Crippen molar-refractivity contribution in [3.05, 3.63) is 95.6 Å². The number of alkyl halides is 3. The highest BCUT2D eigenvalue weighted by Crippen LogP contribution is 2.36. The average Bonchev–Trinajstić information content (AvgIpc) is 2.82. The molecular formula is C24H18ClF3N6O. The summed E-state index contributed by atoms with van der Waals surface area (Å²) in [5, 5.41) is 10.7. The Hall–Kier alpha value is -4.31. The normalized spacial score (nSPS) is 11.0. The molecule has 0 atom stereocenters. The quantitative estimate of drug-likeness (QED) is 0.224. The smallest absolute Gasteiger partial charge is 0.340 e. The molecular weight excluding hydrogens is 481 g/mol. The van der Waals surface area contributed by atoms with Crippen molar-refractivity contribution in [2.45, 2.75) is 6.18 Å². The van der Waals surface area contributed by atoms with E-state index >= 15 is 0 Å². The third-order valence-electron chi connectivity index (χ3n) is 4.63. The predicted octanol–water partition coefficient (Wildman–Crippen LogP) is 7.28. The Bertz CT molecular complexity index is 1320. The van der Waals surface area contributed by atoms with Crippen molar-refractivity contribution in [2.75, 3.05) is 21.3 Å². The first kappa shape index (κ1) is 23.8. The largest absolute Gasteiger partial charge is 0.417 e. The van der Waals surface area contributed by atoms with Crippen LogP contribution in [-0.4, -0.2) is 16.0 Å². The van der Waals surface area contributed by atoms with Crippen molar-refractivity contribution in [1.29, 1.82) is 0 Å². The first-order valence-corrected chi connectivity index (χ1v) is 10.6. The molecule has 4 aromatic rings. The van der Waals surface area contributed by atoms with Gasteiger partial charge in [0.2, 0.25) is 5.95 Å². The van der Waals surface area contributed by atoms with Gasteiger partial charge in [-0.1, -0.05) is 29.8 Å². The Morgan fingerprint density at radius 1 is 0.771 bits per heavy atom. The van der Waals surface area contributed by atoms with Crippen molar-refractivity contribution in [1.82, 2.24) is 9.97 Å². The summed E-state index contributed by atoms with van der Waals surface area (Å²) in [4.78, 5) is 20.8. The second-order valence-electron chi connectivity index (χ2n) is 7.23. The van der Waals surface area contributed by atoms with Crippen LogP contribution in [0.1, 0.15) is 5.56 Å². The van der Waals surface area contributed by atoms with Gasteiger partial charge in [-0.05, 0) is 60.7 Å². The molecule has 1 aromatic heterocycles. The highest BCUT2D eigenvalue weighted by molar-refractivity contribution is 6.31. The lowest BCUT2D eigenvalue weighted by Crippen LogP contribution is -2.19. The number of para-hydroxylation sites is 1. The number of benzene rings is 3. The first-order chi connectivity index (χ1) is 16.8. The molecule has 7 nitrogen and oxygen atoms in total. The minimum Gasteiger partial charge on any atom is -0.340 e. The van der Waals surface area contributed by atoms with E-state index in [4.69, 9.17) is 11.6 Å². The third kappa shape index (κ3) is 6.61. The topological polar surface area (TPSA) is 91.0 Å². The lowest BCUT2D eigenvalue weighted by molar-refractivity contribution is -0.137. The Labute approximate surface area is 203 Å². The van der Waals surface area contributed by atoms with Crippen LogP contribution in [0.25, 0.3) is 0 Å². The lowest BCUT2D eigenvalue weighted by atomic mass is 10.2. The van der Waals surface area contributed by atoms with Crippen LogP contribution in [-0.2, 0) is 6.18 Å². The number of carbonyl (C=O) groups excluding carboxylic acids is 1. The molecule has 1 heterocycles. The molecule has 0 saturated heterocycles. The number of nitrogens with one attached hydrogen (secondary N) is 4. The summed E-state index contributed by atoms with van der Waals surface area (Å²) in [6.45, 7) is 0. The summed E-state index contributed by atoms with van der Waals surface area (Å²) in [5.41, 5.74) is 0.911. The van der Waals surface area contributed by atoms with Gasteiger partial charge in [0.05, 0.1) is 10.6 Å². The molecule has 4 N–H and O–H groups in total. The molecule has 0 radical (unpaired) electrons. The van der Waals surface area contributed by atoms with Crippen LogP contribution < -0.4 is 21.3 Å². The van der Waals surface area contributed by atoms with E-state index in [-0.39, 0.29) is 5.69 Å². The van der Waals surface area contributed by atoms with Gasteiger partial charge in [-0.2, -0.15) is 18.2 Å². The van der Waals surface area contributed by atoms with Crippen LogP contribution >= 0.6 is 11.6 Å². The van der Waals surface area contributed by atoms with Crippen LogP contribution in [0.4, 0.5) is 52.5 Å². The molecule has 178 valence electrons. The SMILES string of the molecule is O=C(Nc1ccc(Nc2nccc(Nc3ccccc3)n2)cc1)Nc1ccc(Cl)c(C(F)(F)F)c1. The Balaban J connectivity index is 1.36. The zero-order valence-electron chi connectivity index (χ0n) is 17.9. The van der Waals surface area contributed by atoms with Crippen molar-refractivity contribution in [3.63, 3.8) is 0 Å². The fourth-order valence-corrected chi connectivity index (χ4v) is 3.26. The van der Waals surface area contributed by atoms with Crippen LogP contribution in [0.5, 0.6) is 0 Å². The average molecular weight is 499 g/mol. The number of halogens is 4. The molecule has 0 aliphatic carbocycles. The number of amides is 2. The minimum absolute atomic E-state index is 0.0429. The lowest BCUT2D eigenvalue weighted by Gasteiger charge is -2.12. The van der Waals surface area contributed by atoms with Crippen molar-refractivity contribution in [2.24, 2.45) is 0 Å². The molecule has 35 heavy (non-hydrogen) atoms. The van der Waals surface area contributed by atoms with Gasteiger partial charge >= 0.3 is 12.2 Å². The molecule has 0 bridgehead atoms. The first-order valence-electron chi connectivity index (χ1n) is 10.2. The van der Waals surface area contributed by atoms with Gasteiger partial charge in [0.1, 0.15) is 5.82 Å². The second-order valence-corrected chi connectivity index (χ2v) is 7.64. The number of anilines is 6. The number of carbonyl (C=O) groups is 1. The van der Waals surface area contributed by atoms with Gasteiger partial charge in [0.15, 0.2) is 0 Å². The number of hydrogen-bond acceptors (Lipinski definition) is 5. The zero-order valence-corrected chi connectivity index (χ0v) is 18.7. The predicted molar refractivity (Wildman–Crippen MR) is 131 cm³/mol. The second kappa shape index (κ2) is 10.3. The molecule has 4 rings (SSSR count). The van der Waals surface area contributed by atoms with Crippen LogP contribution in [0, 0.1) is 0 Å². The number of hydrogen-bond donors (Lipinski definition) is 4. The maximum atomic E-state index is 13.0. The molecule has 0 saturated carbocycles. The fourth-order valence-electron chi connectivity index (χ4n) is 3.04. The third-order valence-corrected chi connectivity index (χ3v) is 4.96. The summed E-state index contributed by atoms with van der Waals surface area (Å²) in [5.74, 6) is 0.979. The van der Waals surface area contributed by atoms with E-state index in [1.165, 1.54) is 6.07 Å². The van der Waals surface area contributed by atoms with Gasteiger partial charge < -0.3 is 21.3 Å². The van der Waals surface area contributed by atoms with Crippen LogP contribution in [0.2, 0.25) is 5.02 Å². The van der Waals surface area contributed by atoms with Crippen LogP contribution in [0.3, 0.4) is 0 Å². The van der Waals surface area contributed by atoms with Crippen LogP contribution in [0.15, 0.2) is 85.1 Å². The van der Waals surface area contributed by atoms with Gasteiger partial charge in [-0.15, -0.1) is 0 Å². The molecule has 0 aliphatic rings. The van der Waals surface area contributed by atoms with E-state index in [0.29, 0.717) is 23.1 Å². The van der Waals surface area contributed by atoms with Gasteiger partial charge in [0, 0.05) is 28.9 Å². The monoisotopic (exact) mass is 498 g/mol. The Kier molecular flexibility index (Phi) is 7.02. The number of urea groups is 1. The van der Waals surface area contributed by atoms with E-state index in [1.807, 2.05) is 30.3 Å². The van der Waals surface area contributed by atoms with E-state index < -0.39 is 22.8 Å². The molecule has 11 heteroatoms. The standard InChI is InChI=1S/C24H18ClF3N6O/c25-20-11-10-18(14-19(20)24(26,27)28)33-23(35)32-17-8-6-16(7-9-17)31-22-29-13-12-21(34-22)30-15-4-2-1-3-5-15/h1-14H,(H2,32,33,35)(H2,29,30,31,34). The van der Waals surface area contributed by atoms with Gasteiger partial charge in [-0.3, -0.25) is 0 Å². The highest BCUT2D eigenvalue weighted by Gasteiger charge is 2.33. The van der Waals surface area contributed by atoms with E-state index in [2.05, 4.69) is 31.2 Å². The van der Waals surface area contributed by atoms with E-state index in [9.17, 15) is 18.0 Å². The molecule has 0 spiro atoms. The zero-order chi connectivity index (χ0) is 24.8. The van der Waals surface area contributed by atoms with E-state index in [0.717, 1.165) is 17.8 Å². The molecule has 0 unspecified atom stereocenters. The number of aromatic nitrogens is 2. The fraction of sp³-hybridized carbons (Fsp3) is 0.0417. The number of nitrogens with zero attached hydrogens (tertiary/aromatic N) is 2. The summed E-state index contributed by atoms with van der Waals surface area (Å²) in [6, 6.07) is 20.4. The van der Waals surface area contributed by atoms with Crippen molar-refractivity contribution < 1.29 is 18.0 Å². The highest BCUT2D eigenvalue weighted by atomic mass is 35.5. The summed E-state index contributed by atoms with van der Waals surface area (Å²) in [6.07, 6.45) is -3.02. The van der Waals surface area contributed by atoms with Gasteiger partial charge in [-0.25, -0.2) is 9.78 Å². The van der Waals surface area contributed by atoms with Crippen molar-refractivity contribution in [3.8, 4) is 0 Å². The summed E-state index contributed by atoms with van der Waals surface area (Å²) < 4.78 is 39.0. The maximum absolute atomic E-state index is 13.0. The summed E-state index contributed by atoms with van der Waals surface area (Å²) in [7, 11) is 0.